The molecule has 1 saturated carbocycles. The summed E-state index contributed by atoms with van der Waals surface area (Å²) in [7, 11) is 1.17. The van der Waals surface area contributed by atoms with E-state index in [1.165, 1.54) is 19.2 Å². The summed E-state index contributed by atoms with van der Waals surface area (Å²) in [6, 6.07) is 4.12. The Balaban J connectivity index is 1.65. The number of nitrogens with zero attached hydrogens (tertiary/aromatic N) is 1. The Morgan fingerprint density at radius 1 is 1.29 bits per heavy atom. The number of hydrogen-bond donors (Lipinski definition) is 2. The van der Waals surface area contributed by atoms with E-state index in [0.29, 0.717) is 12.2 Å². The molecule has 8 heteroatoms. The Morgan fingerprint density at radius 3 is 2.71 bits per heavy atom. The number of hydrogen-bond acceptors (Lipinski definition) is 4. The van der Waals surface area contributed by atoms with Crippen LogP contribution in [0.1, 0.15) is 19.3 Å². The van der Waals surface area contributed by atoms with Gasteiger partial charge in [-0.25, -0.2) is 9.18 Å². The second kappa shape index (κ2) is 6.46. The second-order valence-electron chi connectivity index (χ2n) is 5.98. The van der Waals surface area contributed by atoms with Crippen LogP contribution in [0.25, 0.3) is 0 Å². The number of anilines is 2. The summed E-state index contributed by atoms with van der Waals surface area (Å²) in [5, 5.41) is 4.90. The van der Waals surface area contributed by atoms with Crippen molar-refractivity contribution in [2.45, 2.75) is 25.3 Å². The Bertz CT molecular complexity index is 690. The van der Waals surface area contributed by atoms with Gasteiger partial charge in [-0.2, -0.15) is 0 Å². The number of nitrogens with one attached hydrogen (secondary N) is 2. The third kappa shape index (κ3) is 3.47. The van der Waals surface area contributed by atoms with E-state index >= 15 is 0 Å². The fraction of sp³-hybridized carbons (Fsp3) is 0.438. The van der Waals surface area contributed by atoms with Crippen molar-refractivity contribution < 1.29 is 23.5 Å². The number of methoxy groups -OCH3 is 1. The number of amides is 3. The van der Waals surface area contributed by atoms with Gasteiger partial charge in [0, 0.05) is 24.7 Å². The van der Waals surface area contributed by atoms with Crippen LogP contribution >= 0.6 is 0 Å². The van der Waals surface area contributed by atoms with Gasteiger partial charge in [0.15, 0.2) is 0 Å². The van der Waals surface area contributed by atoms with Crippen LogP contribution in [0.2, 0.25) is 0 Å². The van der Waals surface area contributed by atoms with Crippen molar-refractivity contribution in [1.29, 1.82) is 0 Å². The van der Waals surface area contributed by atoms with Gasteiger partial charge in [-0.05, 0) is 31.0 Å². The molecule has 0 bridgehead atoms. The summed E-state index contributed by atoms with van der Waals surface area (Å²) in [5.41, 5.74) is 0.242. The molecule has 2 aliphatic rings. The predicted molar refractivity (Wildman–Crippen MR) is 83.9 cm³/mol. The highest BCUT2D eigenvalue weighted by molar-refractivity contribution is 5.98. The van der Waals surface area contributed by atoms with Crippen molar-refractivity contribution in [2.75, 3.05) is 24.3 Å². The summed E-state index contributed by atoms with van der Waals surface area (Å²) in [4.78, 5) is 37.2. The van der Waals surface area contributed by atoms with Crippen molar-refractivity contribution in [2.24, 2.45) is 5.92 Å². The minimum absolute atomic E-state index is 0.00445. The summed E-state index contributed by atoms with van der Waals surface area (Å²) >= 11 is 0. The molecule has 2 fully saturated rings. The summed E-state index contributed by atoms with van der Waals surface area (Å²) in [6.07, 6.45) is 1.39. The van der Waals surface area contributed by atoms with E-state index in [4.69, 9.17) is 0 Å². The van der Waals surface area contributed by atoms with Crippen LogP contribution in [-0.2, 0) is 14.3 Å². The molecule has 1 aromatic carbocycles. The van der Waals surface area contributed by atoms with Gasteiger partial charge in [0.1, 0.15) is 5.82 Å². The Labute approximate surface area is 138 Å². The molecular formula is C16H18FN3O4. The summed E-state index contributed by atoms with van der Waals surface area (Å²) in [6.45, 7) is 0.420. The molecule has 24 heavy (non-hydrogen) atoms. The van der Waals surface area contributed by atoms with Gasteiger partial charge in [0.25, 0.3) is 0 Å². The quantitative estimate of drug-likeness (QED) is 0.880. The monoisotopic (exact) mass is 335 g/mol. The lowest BCUT2D eigenvalue weighted by atomic mass is 10.1. The first-order chi connectivity index (χ1) is 11.5. The Hall–Kier alpha value is -2.64. The molecule has 2 N–H and O–H groups in total. The number of carbonyl (C=O) groups excluding carboxylic acids is 3. The summed E-state index contributed by atoms with van der Waals surface area (Å²) in [5.74, 6) is -1.35. The van der Waals surface area contributed by atoms with E-state index in [2.05, 4.69) is 15.4 Å². The highest BCUT2D eigenvalue weighted by atomic mass is 19.1. The van der Waals surface area contributed by atoms with E-state index < -0.39 is 17.8 Å². The molecule has 1 aliphatic heterocycles. The molecule has 7 nitrogen and oxygen atoms in total. The minimum atomic E-state index is -0.807. The first-order valence-corrected chi connectivity index (χ1v) is 7.73. The van der Waals surface area contributed by atoms with Crippen LogP contribution in [0.5, 0.6) is 0 Å². The maximum atomic E-state index is 13.7. The zero-order valence-electron chi connectivity index (χ0n) is 13.2. The highest BCUT2D eigenvalue weighted by Crippen LogP contribution is 2.33. The molecule has 1 unspecified atom stereocenters. The normalized spacial score (nSPS) is 20.0. The molecule has 0 aromatic heterocycles. The van der Waals surface area contributed by atoms with E-state index in [0.717, 1.165) is 18.9 Å². The number of ether oxygens (including phenoxy) is 1. The van der Waals surface area contributed by atoms with E-state index in [-0.39, 0.29) is 30.0 Å². The van der Waals surface area contributed by atoms with Crippen molar-refractivity contribution >= 4 is 29.3 Å². The average Bonchev–Trinajstić information content (AvgIpc) is 3.32. The molecule has 1 atom stereocenters. The zero-order chi connectivity index (χ0) is 17.3. The molecule has 1 aromatic rings. The van der Waals surface area contributed by atoms with Gasteiger partial charge in [-0.15, -0.1) is 0 Å². The van der Waals surface area contributed by atoms with Crippen LogP contribution in [0, 0.1) is 11.7 Å². The van der Waals surface area contributed by atoms with Crippen LogP contribution < -0.4 is 10.6 Å². The van der Waals surface area contributed by atoms with Gasteiger partial charge in [0.05, 0.1) is 18.7 Å². The van der Waals surface area contributed by atoms with Crippen molar-refractivity contribution in [3.05, 3.63) is 24.0 Å². The largest absolute Gasteiger partial charge is 0.453 e. The number of rotatable bonds is 4. The fourth-order valence-corrected chi connectivity index (χ4v) is 2.75. The maximum absolute atomic E-state index is 13.7. The molecule has 1 heterocycles. The van der Waals surface area contributed by atoms with Crippen molar-refractivity contribution in [1.82, 2.24) is 4.90 Å². The van der Waals surface area contributed by atoms with Crippen LogP contribution in [-0.4, -0.2) is 42.5 Å². The Kier molecular flexibility index (Phi) is 4.37. The van der Waals surface area contributed by atoms with Crippen molar-refractivity contribution in [3.8, 4) is 0 Å². The molecule has 1 saturated heterocycles. The average molecular weight is 335 g/mol. The highest BCUT2D eigenvalue weighted by Gasteiger charge is 2.41. The smallest absolute Gasteiger partial charge is 0.411 e. The number of carbonyl (C=O) groups is 3. The first kappa shape index (κ1) is 16.2. The number of halogens is 1. The van der Waals surface area contributed by atoms with E-state index in [1.807, 2.05) is 0 Å². The standard InChI is InChI=1S/C16H18FN3O4/c1-24-16(23)19-13-7-10(2-5-12(13)17)18-15(22)9-6-14(21)20(8-9)11-3-4-11/h2,5,7,9,11H,3-4,6,8H2,1H3,(H,18,22)(H,19,23). The summed E-state index contributed by atoms with van der Waals surface area (Å²) < 4.78 is 18.1. The van der Waals surface area contributed by atoms with Crippen LogP contribution in [0.3, 0.4) is 0 Å². The first-order valence-electron chi connectivity index (χ1n) is 7.73. The lowest BCUT2D eigenvalue weighted by molar-refractivity contribution is -0.128. The number of benzene rings is 1. The zero-order valence-corrected chi connectivity index (χ0v) is 13.2. The topological polar surface area (TPSA) is 87.7 Å². The predicted octanol–water partition coefficient (Wildman–Crippen LogP) is 1.95. The van der Waals surface area contributed by atoms with Gasteiger partial charge in [0.2, 0.25) is 11.8 Å². The van der Waals surface area contributed by atoms with E-state index in [1.54, 1.807) is 4.90 Å². The van der Waals surface area contributed by atoms with Crippen molar-refractivity contribution in [3.63, 3.8) is 0 Å². The molecular weight excluding hydrogens is 317 g/mol. The molecule has 0 radical (unpaired) electrons. The lowest BCUT2D eigenvalue weighted by Crippen LogP contribution is -2.29. The van der Waals surface area contributed by atoms with Crippen LogP contribution in [0.15, 0.2) is 18.2 Å². The fourth-order valence-electron chi connectivity index (χ4n) is 2.75. The lowest BCUT2D eigenvalue weighted by Gasteiger charge is -2.15. The second-order valence-corrected chi connectivity index (χ2v) is 5.98. The van der Waals surface area contributed by atoms with Gasteiger partial charge in [-0.3, -0.25) is 14.9 Å². The third-order valence-corrected chi connectivity index (χ3v) is 4.17. The van der Waals surface area contributed by atoms with E-state index in [9.17, 15) is 18.8 Å². The van der Waals surface area contributed by atoms with Crippen LogP contribution in [0.4, 0.5) is 20.6 Å². The minimum Gasteiger partial charge on any atom is -0.453 e. The maximum Gasteiger partial charge on any atom is 0.411 e. The molecule has 3 amide bonds. The SMILES string of the molecule is COC(=O)Nc1cc(NC(=O)C2CC(=O)N(C3CC3)C2)ccc1F. The van der Waals surface area contributed by atoms with Gasteiger partial charge in [-0.1, -0.05) is 0 Å². The Morgan fingerprint density at radius 2 is 2.04 bits per heavy atom. The molecule has 1 aliphatic carbocycles. The third-order valence-electron chi connectivity index (χ3n) is 4.17. The van der Waals surface area contributed by atoms with Gasteiger partial charge >= 0.3 is 6.09 Å². The molecule has 128 valence electrons. The molecule has 3 rings (SSSR count). The molecule has 0 spiro atoms. The van der Waals surface area contributed by atoms with Gasteiger partial charge < -0.3 is 15.0 Å². The number of likely N-dealkylation sites (tertiary alicyclic amines) is 1.